The molecule has 0 aliphatic heterocycles. The van der Waals surface area contributed by atoms with Crippen LogP contribution >= 0.6 is 29.8 Å². The number of nitrogens with zero attached hydrogens (tertiary/aromatic N) is 2. The van der Waals surface area contributed by atoms with Crippen LogP contribution in [-0.4, -0.2) is 37.3 Å². The molecule has 0 bridgehead atoms. The molecule has 0 fully saturated rings. The SMILES string of the molecule is C=P(C)(C)/C(=C/c1cc(N=c2scc(C(F)(F)F)n2C)c(C)cc1Cl)C(=O)OC. The van der Waals surface area contributed by atoms with Gasteiger partial charge in [-0.3, -0.25) is 0 Å². The second-order valence-corrected chi connectivity index (χ2v) is 12.0. The fraction of sp³-hybridized carbons (Fsp3) is 0.316. The molecule has 158 valence electrons. The predicted molar refractivity (Wildman–Crippen MR) is 116 cm³/mol. The Morgan fingerprint density at radius 2 is 2.00 bits per heavy atom. The summed E-state index contributed by atoms with van der Waals surface area (Å²) in [4.78, 5) is 16.8. The largest absolute Gasteiger partial charge is 0.465 e. The summed E-state index contributed by atoms with van der Waals surface area (Å²) < 4.78 is 45.0. The van der Waals surface area contributed by atoms with Crippen molar-refractivity contribution in [3.63, 3.8) is 0 Å². The van der Waals surface area contributed by atoms with Gasteiger partial charge < -0.3 is 9.30 Å². The molecule has 0 spiro atoms. The smallest absolute Gasteiger partial charge is 0.432 e. The molecular weight excluding hydrogens is 444 g/mol. The summed E-state index contributed by atoms with van der Waals surface area (Å²) in [5, 5.41) is 1.83. The van der Waals surface area contributed by atoms with Crippen molar-refractivity contribution in [3.8, 4) is 0 Å². The van der Waals surface area contributed by atoms with Crippen LogP contribution in [0.1, 0.15) is 16.8 Å². The van der Waals surface area contributed by atoms with E-state index in [1.54, 1.807) is 25.1 Å². The number of hydrogen-bond donors (Lipinski definition) is 0. The molecule has 1 aromatic heterocycles. The molecule has 0 atom stereocenters. The molecule has 1 heterocycles. The highest BCUT2D eigenvalue weighted by Crippen LogP contribution is 2.47. The number of hydrogen-bond acceptors (Lipinski definition) is 4. The van der Waals surface area contributed by atoms with Crippen LogP contribution < -0.4 is 4.80 Å². The van der Waals surface area contributed by atoms with Crippen LogP contribution in [0.2, 0.25) is 5.02 Å². The number of benzene rings is 1. The van der Waals surface area contributed by atoms with Crippen molar-refractivity contribution in [2.45, 2.75) is 13.1 Å². The average molecular weight is 465 g/mol. The zero-order valence-corrected chi connectivity index (χ0v) is 19.1. The Kier molecular flexibility index (Phi) is 6.93. The summed E-state index contributed by atoms with van der Waals surface area (Å²) >= 11 is 7.24. The van der Waals surface area contributed by atoms with Gasteiger partial charge in [-0.05, 0) is 49.6 Å². The number of aryl methyl sites for hydroxylation is 1. The minimum absolute atomic E-state index is 0.191. The van der Waals surface area contributed by atoms with Crippen molar-refractivity contribution in [1.82, 2.24) is 4.57 Å². The van der Waals surface area contributed by atoms with Crippen molar-refractivity contribution >= 4 is 53.9 Å². The van der Waals surface area contributed by atoms with E-state index in [1.807, 2.05) is 13.3 Å². The Morgan fingerprint density at radius 1 is 1.38 bits per heavy atom. The molecule has 0 saturated heterocycles. The van der Waals surface area contributed by atoms with Gasteiger partial charge in [-0.25, -0.2) is 9.79 Å². The van der Waals surface area contributed by atoms with Gasteiger partial charge in [0.05, 0.1) is 18.1 Å². The number of halogens is 4. The van der Waals surface area contributed by atoms with E-state index in [9.17, 15) is 18.0 Å². The number of esters is 1. The van der Waals surface area contributed by atoms with Crippen molar-refractivity contribution in [1.29, 1.82) is 0 Å². The number of rotatable bonds is 4. The fourth-order valence-corrected chi connectivity index (χ4v) is 4.74. The molecule has 2 aromatic rings. The van der Waals surface area contributed by atoms with Gasteiger partial charge in [0.1, 0.15) is 5.69 Å². The summed E-state index contributed by atoms with van der Waals surface area (Å²) in [6.07, 6.45) is 1.23. The molecule has 0 amide bonds. The quantitative estimate of drug-likeness (QED) is 0.339. The number of methoxy groups -OCH3 is 1. The Morgan fingerprint density at radius 3 is 2.48 bits per heavy atom. The predicted octanol–water partition coefficient (Wildman–Crippen LogP) is 5.52. The molecule has 0 aliphatic rings. The summed E-state index contributed by atoms with van der Waals surface area (Å²) in [6.45, 7) is 3.52. The maximum Gasteiger partial charge on any atom is 0.432 e. The van der Waals surface area contributed by atoms with Gasteiger partial charge in [0.2, 0.25) is 0 Å². The summed E-state index contributed by atoms with van der Waals surface area (Å²) in [7, 11) is 2.60. The number of carbonyl (C=O) groups is 1. The van der Waals surface area contributed by atoms with E-state index in [4.69, 9.17) is 16.3 Å². The van der Waals surface area contributed by atoms with Gasteiger partial charge >= 0.3 is 12.1 Å². The standard InChI is InChI=1S/C19H21ClF3N2O2PS/c1-11-7-13(20)12(9-15(17(26)27-3)28(4,5)6)8-14(11)24-18-25(2)16(10-29-18)19(21,22)23/h7-10H,4H2,1-3,5-6H3/b15-9+,24-18?. The molecule has 0 radical (unpaired) electrons. The van der Waals surface area contributed by atoms with E-state index in [0.29, 0.717) is 27.2 Å². The van der Waals surface area contributed by atoms with E-state index in [1.165, 1.54) is 14.2 Å². The van der Waals surface area contributed by atoms with Gasteiger partial charge in [-0.1, -0.05) is 24.8 Å². The van der Waals surface area contributed by atoms with Gasteiger partial charge in [0.15, 0.2) is 4.80 Å². The van der Waals surface area contributed by atoms with Crippen LogP contribution in [0.15, 0.2) is 27.8 Å². The monoisotopic (exact) mass is 464 g/mol. The molecular formula is C19H21ClF3N2O2PS. The van der Waals surface area contributed by atoms with Gasteiger partial charge in [0, 0.05) is 17.5 Å². The van der Waals surface area contributed by atoms with Crippen molar-refractivity contribution in [3.05, 3.63) is 49.5 Å². The summed E-state index contributed by atoms with van der Waals surface area (Å²) in [5.74, 6) is -0.493. The number of thiazole rings is 1. The fourth-order valence-electron chi connectivity index (χ4n) is 2.47. The Bertz CT molecular complexity index is 1090. The lowest BCUT2D eigenvalue weighted by atomic mass is 10.1. The molecule has 0 saturated carbocycles. The maximum absolute atomic E-state index is 13.0. The first-order chi connectivity index (χ1) is 13.3. The third-order valence-corrected chi connectivity index (χ3v) is 6.95. The van der Waals surface area contributed by atoms with E-state index in [-0.39, 0.29) is 4.80 Å². The molecule has 1 aromatic carbocycles. The normalized spacial score (nSPS) is 13.7. The first kappa shape index (κ1) is 23.5. The van der Waals surface area contributed by atoms with E-state index < -0.39 is 24.7 Å². The lowest BCUT2D eigenvalue weighted by molar-refractivity contribution is -0.143. The van der Waals surface area contributed by atoms with Gasteiger partial charge in [-0.15, -0.1) is 11.3 Å². The Hall–Kier alpha value is -1.76. The minimum atomic E-state index is -4.46. The molecule has 4 nitrogen and oxygen atoms in total. The van der Waals surface area contributed by atoms with Crippen molar-refractivity contribution in [2.75, 3.05) is 20.4 Å². The van der Waals surface area contributed by atoms with Crippen LogP contribution in [0, 0.1) is 6.92 Å². The number of carbonyl (C=O) groups excluding carboxylic acids is 1. The van der Waals surface area contributed by atoms with Gasteiger partial charge in [0.25, 0.3) is 0 Å². The second-order valence-electron chi connectivity index (χ2n) is 6.94. The lowest BCUT2D eigenvalue weighted by Crippen LogP contribution is -2.18. The highest BCUT2D eigenvalue weighted by molar-refractivity contribution is 7.77. The van der Waals surface area contributed by atoms with Crippen LogP contribution in [0.4, 0.5) is 18.9 Å². The van der Waals surface area contributed by atoms with Crippen LogP contribution in [0.5, 0.6) is 0 Å². The first-order valence-electron chi connectivity index (χ1n) is 8.31. The highest BCUT2D eigenvalue weighted by Gasteiger charge is 2.34. The molecule has 0 N–H and O–H groups in total. The molecule has 10 heteroatoms. The van der Waals surface area contributed by atoms with Crippen LogP contribution in [0.25, 0.3) is 6.08 Å². The topological polar surface area (TPSA) is 43.6 Å². The highest BCUT2D eigenvalue weighted by atomic mass is 35.5. The molecule has 0 unspecified atom stereocenters. The first-order valence-corrected chi connectivity index (χ1v) is 12.4. The van der Waals surface area contributed by atoms with Crippen molar-refractivity contribution < 1.29 is 22.7 Å². The minimum Gasteiger partial charge on any atom is -0.465 e. The molecule has 0 aliphatic carbocycles. The van der Waals surface area contributed by atoms with Crippen LogP contribution in [-0.2, 0) is 22.8 Å². The third kappa shape index (κ3) is 5.44. The number of aromatic nitrogens is 1. The van der Waals surface area contributed by atoms with Crippen LogP contribution in [0.3, 0.4) is 0 Å². The van der Waals surface area contributed by atoms with Gasteiger partial charge in [-0.2, -0.15) is 13.2 Å². The number of ether oxygens (including phenoxy) is 1. The molecule has 29 heavy (non-hydrogen) atoms. The zero-order valence-electron chi connectivity index (χ0n) is 16.6. The summed E-state index contributed by atoms with van der Waals surface area (Å²) in [5.41, 5.74) is 0.890. The Labute approximate surface area is 176 Å². The summed E-state index contributed by atoms with van der Waals surface area (Å²) in [6, 6.07) is 3.30. The number of alkyl halides is 3. The molecule has 2 rings (SSSR count). The second kappa shape index (κ2) is 8.54. The Balaban J connectivity index is 2.67. The van der Waals surface area contributed by atoms with E-state index in [0.717, 1.165) is 21.3 Å². The van der Waals surface area contributed by atoms with E-state index >= 15 is 0 Å². The lowest BCUT2D eigenvalue weighted by Gasteiger charge is -2.16. The third-order valence-electron chi connectivity index (χ3n) is 4.08. The maximum atomic E-state index is 13.0. The van der Waals surface area contributed by atoms with Crippen molar-refractivity contribution in [2.24, 2.45) is 12.0 Å². The zero-order chi connectivity index (χ0) is 22.1. The van der Waals surface area contributed by atoms with E-state index in [2.05, 4.69) is 11.3 Å². The average Bonchev–Trinajstić information content (AvgIpc) is 2.95.